The number of carbonyl (C=O) groups excluding carboxylic acids is 1. The molecule has 0 aromatic heterocycles. The average Bonchev–Trinajstić information content (AvgIpc) is 2.28. The highest BCUT2D eigenvalue weighted by atomic mass is 32.1. The van der Waals surface area contributed by atoms with Crippen LogP contribution in [0.5, 0.6) is 5.75 Å². The molecule has 0 aliphatic heterocycles. The van der Waals surface area contributed by atoms with Crippen molar-refractivity contribution in [1.29, 1.82) is 0 Å². The molecule has 4 nitrogen and oxygen atoms in total. The zero-order valence-electron chi connectivity index (χ0n) is 8.10. The van der Waals surface area contributed by atoms with Crippen LogP contribution in [0.15, 0.2) is 29.3 Å². The Kier molecular flexibility index (Phi) is 4.47. The van der Waals surface area contributed by atoms with Crippen molar-refractivity contribution in [3.63, 3.8) is 0 Å². The summed E-state index contributed by atoms with van der Waals surface area (Å²) in [5, 5.41) is 2.26. The lowest BCUT2D eigenvalue weighted by Gasteiger charge is -2.03. The number of carbonyl (C=O) groups is 1. The fourth-order valence-corrected chi connectivity index (χ4v) is 0.976. The highest BCUT2D eigenvalue weighted by Crippen LogP contribution is 2.17. The first-order chi connectivity index (χ1) is 7.26. The topological polar surface area (TPSA) is 47.9 Å². The van der Waals surface area contributed by atoms with Gasteiger partial charge in [-0.3, -0.25) is 0 Å². The van der Waals surface area contributed by atoms with Crippen LogP contribution in [0.1, 0.15) is 0 Å². The van der Waals surface area contributed by atoms with Crippen LogP contribution in [0.3, 0.4) is 0 Å². The normalized spacial score (nSPS) is 8.87. The van der Waals surface area contributed by atoms with Crippen LogP contribution >= 0.6 is 12.2 Å². The van der Waals surface area contributed by atoms with Crippen LogP contribution in [0.4, 0.5) is 5.69 Å². The van der Waals surface area contributed by atoms with Crippen molar-refractivity contribution >= 4 is 29.0 Å². The standard InChI is InChI=1S/C10H9NO3S/c1-13-10(12)6-14-9-4-2-8(3-5-9)11-7-15/h2-5H,6H2,1H3. The lowest BCUT2D eigenvalue weighted by molar-refractivity contribution is -0.142. The van der Waals surface area contributed by atoms with E-state index in [1.54, 1.807) is 24.3 Å². The molecule has 1 aromatic carbocycles. The van der Waals surface area contributed by atoms with E-state index >= 15 is 0 Å². The summed E-state index contributed by atoms with van der Waals surface area (Å²) in [7, 11) is 1.31. The van der Waals surface area contributed by atoms with E-state index in [1.807, 2.05) is 0 Å². The third kappa shape index (κ3) is 3.89. The Morgan fingerprint density at radius 3 is 2.67 bits per heavy atom. The molecule has 0 bridgehead atoms. The van der Waals surface area contributed by atoms with Gasteiger partial charge in [-0.15, -0.1) is 0 Å². The zero-order chi connectivity index (χ0) is 11.1. The Morgan fingerprint density at radius 1 is 1.47 bits per heavy atom. The number of nitrogens with zero attached hydrogens (tertiary/aromatic N) is 1. The minimum Gasteiger partial charge on any atom is -0.482 e. The van der Waals surface area contributed by atoms with Crippen molar-refractivity contribution in [2.75, 3.05) is 13.7 Å². The lowest BCUT2D eigenvalue weighted by Crippen LogP contribution is -2.12. The number of rotatable bonds is 4. The Labute approximate surface area is 92.5 Å². The molecule has 5 heteroatoms. The molecule has 0 aliphatic carbocycles. The van der Waals surface area contributed by atoms with E-state index < -0.39 is 5.97 Å². The quantitative estimate of drug-likeness (QED) is 0.445. The SMILES string of the molecule is COC(=O)COc1ccc(N=C=S)cc1. The molecule has 0 unspecified atom stereocenters. The van der Waals surface area contributed by atoms with Gasteiger partial charge in [0.15, 0.2) is 6.61 Å². The number of esters is 1. The Morgan fingerprint density at radius 2 is 2.13 bits per heavy atom. The van der Waals surface area contributed by atoms with Gasteiger partial charge in [0.25, 0.3) is 0 Å². The molecule has 0 fully saturated rings. The molecule has 0 radical (unpaired) electrons. The molecule has 15 heavy (non-hydrogen) atoms. The predicted octanol–water partition coefficient (Wildman–Crippen LogP) is 1.97. The summed E-state index contributed by atoms with van der Waals surface area (Å²) >= 11 is 4.46. The van der Waals surface area contributed by atoms with Gasteiger partial charge >= 0.3 is 5.97 Å². The number of benzene rings is 1. The van der Waals surface area contributed by atoms with Crippen molar-refractivity contribution in [1.82, 2.24) is 0 Å². The minimum atomic E-state index is -0.420. The second kappa shape index (κ2) is 5.90. The Hall–Kier alpha value is -1.71. The Balaban J connectivity index is 2.56. The molecule has 1 aromatic rings. The number of methoxy groups -OCH3 is 1. The molecule has 0 N–H and O–H groups in total. The zero-order valence-corrected chi connectivity index (χ0v) is 8.91. The Bertz CT molecular complexity index is 382. The van der Waals surface area contributed by atoms with Crippen molar-refractivity contribution in [2.24, 2.45) is 4.99 Å². The van der Waals surface area contributed by atoms with Crippen molar-refractivity contribution in [2.45, 2.75) is 0 Å². The number of isothiocyanates is 1. The molecule has 0 aliphatic rings. The molecule has 1 rings (SSSR count). The van der Waals surface area contributed by atoms with Crippen LogP contribution in [-0.4, -0.2) is 24.8 Å². The summed E-state index contributed by atoms with van der Waals surface area (Å²) in [6, 6.07) is 6.81. The van der Waals surface area contributed by atoms with E-state index in [1.165, 1.54) is 7.11 Å². The van der Waals surface area contributed by atoms with Crippen molar-refractivity contribution in [3.05, 3.63) is 24.3 Å². The first-order valence-corrected chi connectivity index (χ1v) is 4.54. The molecular formula is C10H9NO3S. The molecule has 78 valence electrons. The monoisotopic (exact) mass is 223 g/mol. The summed E-state index contributed by atoms with van der Waals surface area (Å²) in [5.74, 6) is 0.153. The van der Waals surface area contributed by atoms with Gasteiger partial charge in [-0.25, -0.2) is 4.79 Å². The minimum absolute atomic E-state index is 0.105. The molecule has 0 saturated carbocycles. The average molecular weight is 223 g/mol. The number of ether oxygens (including phenoxy) is 2. The van der Waals surface area contributed by atoms with E-state index in [-0.39, 0.29) is 6.61 Å². The summed E-state index contributed by atoms with van der Waals surface area (Å²) in [6.45, 7) is -0.105. The van der Waals surface area contributed by atoms with Crippen molar-refractivity contribution in [3.8, 4) is 5.75 Å². The maximum atomic E-state index is 10.8. The van der Waals surface area contributed by atoms with Crippen LogP contribution < -0.4 is 4.74 Å². The summed E-state index contributed by atoms with van der Waals surface area (Å²) < 4.78 is 9.56. The van der Waals surface area contributed by atoms with Crippen LogP contribution in [-0.2, 0) is 9.53 Å². The smallest absolute Gasteiger partial charge is 0.343 e. The third-order valence-corrected chi connectivity index (χ3v) is 1.69. The van der Waals surface area contributed by atoms with Gasteiger partial charge in [0.1, 0.15) is 5.75 Å². The van der Waals surface area contributed by atoms with Crippen LogP contribution in [0.2, 0.25) is 0 Å². The number of aliphatic imine (C=N–C) groups is 1. The largest absolute Gasteiger partial charge is 0.482 e. The van der Waals surface area contributed by atoms with Gasteiger partial charge in [-0.1, -0.05) is 0 Å². The van der Waals surface area contributed by atoms with Gasteiger partial charge in [0.2, 0.25) is 0 Å². The fraction of sp³-hybridized carbons (Fsp3) is 0.200. The molecule has 0 saturated heterocycles. The highest BCUT2D eigenvalue weighted by molar-refractivity contribution is 7.78. The molecular weight excluding hydrogens is 214 g/mol. The van der Waals surface area contributed by atoms with Gasteiger partial charge in [-0.2, -0.15) is 4.99 Å². The van der Waals surface area contributed by atoms with Crippen LogP contribution in [0, 0.1) is 0 Å². The van der Waals surface area contributed by atoms with Gasteiger partial charge in [0.05, 0.1) is 18.0 Å². The summed E-state index contributed by atoms with van der Waals surface area (Å²) in [5.41, 5.74) is 0.690. The second-order valence-corrected chi connectivity index (χ2v) is 2.74. The number of thiocarbonyl (C=S) groups is 1. The third-order valence-electron chi connectivity index (χ3n) is 1.60. The molecule has 0 spiro atoms. The van der Waals surface area contributed by atoms with Gasteiger partial charge < -0.3 is 9.47 Å². The first kappa shape index (κ1) is 11.4. The fourth-order valence-electron chi connectivity index (χ4n) is 0.871. The maximum absolute atomic E-state index is 10.8. The van der Waals surface area contributed by atoms with Crippen molar-refractivity contribution < 1.29 is 14.3 Å². The molecule has 0 amide bonds. The first-order valence-electron chi connectivity index (χ1n) is 4.14. The molecule has 0 heterocycles. The lowest BCUT2D eigenvalue weighted by atomic mass is 10.3. The van der Waals surface area contributed by atoms with Gasteiger partial charge in [0, 0.05) is 0 Å². The molecule has 0 atom stereocenters. The second-order valence-electron chi connectivity index (χ2n) is 2.56. The highest BCUT2D eigenvalue weighted by Gasteiger charge is 2.00. The predicted molar refractivity (Wildman–Crippen MR) is 58.6 cm³/mol. The number of hydrogen-bond acceptors (Lipinski definition) is 5. The van der Waals surface area contributed by atoms with Crippen LogP contribution in [0.25, 0.3) is 0 Å². The van der Waals surface area contributed by atoms with E-state index in [2.05, 4.69) is 27.1 Å². The van der Waals surface area contributed by atoms with E-state index in [4.69, 9.17) is 4.74 Å². The number of hydrogen-bond donors (Lipinski definition) is 0. The maximum Gasteiger partial charge on any atom is 0.343 e. The summed E-state index contributed by atoms with van der Waals surface area (Å²) in [4.78, 5) is 14.5. The van der Waals surface area contributed by atoms with Gasteiger partial charge in [-0.05, 0) is 36.5 Å². The summed E-state index contributed by atoms with van der Waals surface area (Å²) in [6.07, 6.45) is 0. The van der Waals surface area contributed by atoms with E-state index in [0.717, 1.165) is 0 Å². The van der Waals surface area contributed by atoms with E-state index in [9.17, 15) is 4.79 Å². The van der Waals surface area contributed by atoms with E-state index in [0.29, 0.717) is 11.4 Å².